The summed E-state index contributed by atoms with van der Waals surface area (Å²) >= 11 is 0. The number of aromatic amines is 1. The largest absolute Gasteiger partial charge is 0.493 e. The summed E-state index contributed by atoms with van der Waals surface area (Å²) in [4.78, 5) is 20.1. The Hall–Kier alpha value is -2.30. The Kier molecular flexibility index (Phi) is 2.33. The second-order valence-electron chi connectivity index (χ2n) is 4.47. The normalized spacial score (nSPS) is 13.7. The molecule has 2 N–H and O–H groups in total. The van der Waals surface area contributed by atoms with Gasteiger partial charge in [-0.3, -0.25) is 4.79 Å². The molecular formula is C13H13N3O2. The van der Waals surface area contributed by atoms with E-state index >= 15 is 0 Å². The van der Waals surface area contributed by atoms with Crippen LogP contribution in [-0.2, 0) is 6.42 Å². The number of benzene rings is 1. The molecule has 0 amide bonds. The van der Waals surface area contributed by atoms with Crippen molar-refractivity contribution in [2.75, 3.05) is 18.5 Å². The molecule has 0 saturated carbocycles. The molecule has 0 fully saturated rings. The summed E-state index contributed by atoms with van der Waals surface area (Å²) < 4.78 is 0. The Labute approximate surface area is 104 Å². The number of nitrogens with one attached hydrogen (secondary N) is 1. The minimum atomic E-state index is -0.352. The van der Waals surface area contributed by atoms with Crippen molar-refractivity contribution in [3.8, 4) is 17.3 Å². The average Bonchev–Trinajstić information content (AvgIpc) is 2.69. The molecule has 0 aliphatic carbocycles. The fourth-order valence-electron chi connectivity index (χ4n) is 2.30. The predicted octanol–water partition coefficient (Wildman–Crippen LogP) is 1.13. The summed E-state index contributed by atoms with van der Waals surface area (Å²) in [5.41, 5.74) is 2.91. The Balaban J connectivity index is 2.10. The van der Waals surface area contributed by atoms with Crippen LogP contribution in [0.3, 0.4) is 0 Å². The summed E-state index contributed by atoms with van der Waals surface area (Å²) in [5.74, 6) is 0.142. The molecule has 1 aromatic carbocycles. The van der Waals surface area contributed by atoms with Crippen LogP contribution in [0, 0.1) is 0 Å². The van der Waals surface area contributed by atoms with Crippen LogP contribution in [0.2, 0.25) is 0 Å². The van der Waals surface area contributed by atoms with E-state index in [-0.39, 0.29) is 11.4 Å². The molecule has 2 heterocycles. The number of nitrogens with zero attached hydrogens (tertiary/aromatic N) is 2. The van der Waals surface area contributed by atoms with Gasteiger partial charge in [0.1, 0.15) is 5.82 Å². The third-order valence-corrected chi connectivity index (χ3v) is 3.21. The zero-order valence-corrected chi connectivity index (χ0v) is 9.97. The molecule has 2 aromatic rings. The van der Waals surface area contributed by atoms with Crippen LogP contribution in [0.25, 0.3) is 11.4 Å². The van der Waals surface area contributed by atoms with Crippen LogP contribution in [0.1, 0.15) is 5.56 Å². The number of H-pyrrole nitrogens is 1. The first-order valence-corrected chi connectivity index (χ1v) is 5.78. The number of aromatic hydroxyl groups is 1. The van der Waals surface area contributed by atoms with Gasteiger partial charge in [0.15, 0.2) is 0 Å². The van der Waals surface area contributed by atoms with Crippen LogP contribution < -0.4 is 10.5 Å². The van der Waals surface area contributed by atoms with E-state index in [2.05, 4.69) is 21.9 Å². The van der Waals surface area contributed by atoms with Crippen LogP contribution in [0.4, 0.5) is 5.69 Å². The zero-order chi connectivity index (χ0) is 12.7. The lowest BCUT2D eigenvalue weighted by Crippen LogP contribution is -2.12. The first-order chi connectivity index (χ1) is 8.63. The zero-order valence-electron chi connectivity index (χ0n) is 9.97. The van der Waals surface area contributed by atoms with Gasteiger partial charge < -0.3 is 15.0 Å². The highest BCUT2D eigenvalue weighted by atomic mass is 16.3. The highest BCUT2D eigenvalue weighted by Gasteiger charge is 2.16. The van der Waals surface area contributed by atoms with Crippen LogP contribution >= 0.6 is 0 Å². The Bertz CT molecular complexity index is 664. The van der Waals surface area contributed by atoms with Gasteiger partial charge in [0.25, 0.3) is 5.56 Å². The lowest BCUT2D eigenvalue weighted by Gasteiger charge is -2.11. The summed E-state index contributed by atoms with van der Waals surface area (Å²) in [7, 11) is 2.06. The molecule has 5 heteroatoms. The summed E-state index contributed by atoms with van der Waals surface area (Å²) in [6.07, 6.45) is 0.989. The molecule has 1 aliphatic rings. The van der Waals surface area contributed by atoms with Crippen molar-refractivity contribution >= 4 is 5.69 Å². The highest BCUT2D eigenvalue weighted by Crippen LogP contribution is 2.30. The van der Waals surface area contributed by atoms with Gasteiger partial charge >= 0.3 is 0 Å². The number of anilines is 1. The van der Waals surface area contributed by atoms with Gasteiger partial charge in [-0.2, -0.15) is 4.98 Å². The Morgan fingerprint density at radius 1 is 1.39 bits per heavy atom. The smallest absolute Gasteiger partial charge is 0.254 e. The van der Waals surface area contributed by atoms with E-state index in [0.29, 0.717) is 5.82 Å². The average molecular weight is 243 g/mol. The molecule has 0 unspecified atom stereocenters. The van der Waals surface area contributed by atoms with Gasteiger partial charge in [-0.25, -0.2) is 0 Å². The first-order valence-electron chi connectivity index (χ1n) is 5.78. The number of hydrogen-bond donors (Lipinski definition) is 2. The SMILES string of the molecule is CN1CCc2cc(-c3nc(O)cc(=O)[nH]3)ccc21. The third-order valence-electron chi connectivity index (χ3n) is 3.21. The first kappa shape index (κ1) is 10.8. The molecule has 0 atom stereocenters. The Morgan fingerprint density at radius 2 is 2.22 bits per heavy atom. The topological polar surface area (TPSA) is 69.2 Å². The van der Waals surface area contributed by atoms with Crippen molar-refractivity contribution < 1.29 is 5.11 Å². The van der Waals surface area contributed by atoms with Gasteiger partial charge in [0.05, 0.1) is 6.07 Å². The maximum atomic E-state index is 11.3. The molecule has 18 heavy (non-hydrogen) atoms. The number of rotatable bonds is 1. The second-order valence-corrected chi connectivity index (χ2v) is 4.47. The van der Waals surface area contributed by atoms with Crippen molar-refractivity contribution in [1.29, 1.82) is 0 Å². The summed E-state index contributed by atoms with van der Waals surface area (Å²) in [6.45, 7) is 1.00. The standard InChI is InChI=1S/C13H13N3O2/c1-16-5-4-8-6-9(2-3-10(8)16)13-14-11(17)7-12(18)15-13/h2-3,6-7H,4-5H2,1H3,(H2,14,15,17,18). The van der Waals surface area contributed by atoms with Crippen molar-refractivity contribution in [2.24, 2.45) is 0 Å². The van der Waals surface area contributed by atoms with Crippen LogP contribution in [-0.4, -0.2) is 28.7 Å². The number of hydrogen-bond acceptors (Lipinski definition) is 4. The molecule has 3 rings (SSSR count). The molecule has 1 aromatic heterocycles. The fraction of sp³-hybridized carbons (Fsp3) is 0.231. The second kappa shape index (κ2) is 3.87. The van der Waals surface area contributed by atoms with E-state index in [1.807, 2.05) is 18.2 Å². The van der Waals surface area contributed by atoms with Crippen molar-refractivity contribution in [3.63, 3.8) is 0 Å². The lowest BCUT2D eigenvalue weighted by molar-refractivity contribution is 0.452. The molecule has 0 radical (unpaired) electrons. The molecule has 0 saturated heterocycles. The molecule has 0 bridgehead atoms. The minimum Gasteiger partial charge on any atom is -0.493 e. The van der Waals surface area contributed by atoms with Crippen molar-refractivity contribution in [1.82, 2.24) is 9.97 Å². The van der Waals surface area contributed by atoms with E-state index in [1.54, 1.807) is 0 Å². The molecule has 0 spiro atoms. The molecule has 1 aliphatic heterocycles. The minimum absolute atomic E-state index is 0.258. The third kappa shape index (κ3) is 1.73. The van der Waals surface area contributed by atoms with Gasteiger partial charge in [-0.1, -0.05) is 0 Å². The Morgan fingerprint density at radius 3 is 3.00 bits per heavy atom. The number of likely N-dealkylation sites (N-methyl/N-ethyl adjacent to an activating group) is 1. The van der Waals surface area contributed by atoms with E-state index in [0.717, 1.165) is 24.6 Å². The van der Waals surface area contributed by atoms with Crippen LogP contribution in [0.15, 0.2) is 29.1 Å². The quantitative estimate of drug-likeness (QED) is 0.788. The van der Waals surface area contributed by atoms with Gasteiger partial charge in [-0.15, -0.1) is 0 Å². The molecular weight excluding hydrogens is 230 g/mol. The van der Waals surface area contributed by atoms with Gasteiger partial charge in [0, 0.05) is 24.8 Å². The lowest BCUT2D eigenvalue weighted by atomic mass is 10.1. The summed E-state index contributed by atoms with van der Waals surface area (Å²) in [5, 5.41) is 9.35. The van der Waals surface area contributed by atoms with Crippen LogP contribution in [0.5, 0.6) is 5.88 Å². The monoisotopic (exact) mass is 243 g/mol. The molecule has 5 nitrogen and oxygen atoms in total. The van der Waals surface area contributed by atoms with E-state index in [1.165, 1.54) is 11.3 Å². The van der Waals surface area contributed by atoms with E-state index < -0.39 is 0 Å². The van der Waals surface area contributed by atoms with E-state index in [4.69, 9.17) is 0 Å². The van der Waals surface area contributed by atoms with Gasteiger partial charge in [-0.05, 0) is 30.2 Å². The maximum Gasteiger partial charge on any atom is 0.254 e. The van der Waals surface area contributed by atoms with Gasteiger partial charge in [0.2, 0.25) is 5.88 Å². The predicted molar refractivity (Wildman–Crippen MR) is 68.9 cm³/mol. The molecule has 92 valence electrons. The van der Waals surface area contributed by atoms with Crippen molar-refractivity contribution in [2.45, 2.75) is 6.42 Å². The fourth-order valence-corrected chi connectivity index (χ4v) is 2.30. The van der Waals surface area contributed by atoms with Crippen molar-refractivity contribution in [3.05, 3.63) is 40.2 Å². The summed E-state index contributed by atoms with van der Waals surface area (Å²) in [6, 6.07) is 6.99. The highest BCUT2D eigenvalue weighted by molar-refractivity contribution is 5.66. The number of aromatic nitrogens is 2. The van der Waals surface area contributed by atoms with E-state index in [9.17, 15) is 9.90 Å². The maximum absolute atomic E-state index is 11.3. The number of fused-ring (bicyclic) bond motifs is 1.